The van der Waals surface area contributed by atoms with Crippen molar-refractivity contribution in [2.24, 2.45) is 5.92 Å². The molecule has 1 aromatic heterocycles. The first kappa shape index (κ1) is 22.4. The van der Waals surface area contributed by atoms with E-state index in [1.807, 2.05) is 47.0 Å². The van der Waals surface area contributed by atoms with Crippen molar-refractivity contribution in [3.63, 3.8) is 0 Å². The highest BCUT2D eigenvalue weighted by molar-refractivity contribution is 7.99. The third-order valence-electron chi connectivity index (χ3n) is 6.03. The van der Waals surface area contributed by atoms with Crippen LogP contribution >= 0.6 is 11.8 Å². The Morgan fingerprint density at radius 1 is 1.09 bits per heavy atom. The maximum absolute atomic E-state index is 12.7. The number of ether oxygens (including phenoxy) is 1. The van der Waals surface area contributed by atoms with Gasteiger partial charge in [0.1, 0.15) is 11.6 Å². The first-order valence-corrected chi connectivity index (χ1v) is 12.2. The van der Waals surface area contributed by atoms with Gasteiger partial charge < -0.3 is 10.1 Å². The van der Waals surface area contributed by atoms with Gasteiger partial charge in [0, 0.05) is 18.2 Å². The molecule has 32 heavy (non-hydrogen) atoms. The second-order valence-corrected chi connectivity index (χ2v) is 9.26. The van der Waals surface area contributed by atoms with E-state index >= 15 is 0 Å². The largest absolute Gasteiger partial charge is 0.497 e. The molecule has 1 saturated carbocycles. The molecule has 0 spiro atoms. The Morgan fingerprint density at radius 3 is 2.56 bits per heavy atom. The highest BCUT2D eigenvalue weighted by Gasteiger charge is 2.23. The monoisotopic (exact) mass is 450 g/mol. The fraction of sp³-hybridized carbons (Fsp3) is 0.400. The van der Waals surface area contributed by atoms with E-state index in [1.54, 1.807) is 7.11 Å². The van der Waals surface area contributed by atoms with E-state index in [-0.39, 0.29) is 11.9 Å². The van der Waals surface area contributed by atoms with Crippen molar-refractivity contribution >= 4 is 17.7 Å². The number of nitrogens with one attached hydrogen (secondary N) is 1. The number of amides is 1. The van der Waals surface area contributed by atoms with Gasteiger partial charge in [-0.15, -0.1) is 10.2 Å². The number of methoxy groups -OCH3 is 1. The second-order valence-electron chi connectivity index (χ2n) is 8.32. The molecule has 7 heteroatoms. The summed E-state index contributed by atoms with van der Waals surface area (Å²) in [5.41, 5.74) is 2.11. The van der Waals surface area contributed by atoms with Crippen molar-refractivity contribution in [1.29, 1.82) is 0 Å². The molecule has 1 amide bonds. The van der Waals surface area contributed by atoms with Crippen molar-refractivity contribution in [3.8, 4) is 11.4 Å². The van der Waals surface area contributed by atoms with Crippen LogP contribution in [0.1, 0.15) is 44.0 Å². The van der Waals surface area contributed by atoms with Crippen molar-refractivity contribution in [2.45, 2.75) is 50.2 Å². The van der Waals surface area contributed by atoms with Crippen molar-refractivity contribution in [1.82, 2.24) is 20.1 Å². The van der Waals surface area contributed by atoms with E-state index < -0.39 is 0 Å². The minimum atomic E-state index is 0.0580. The second kappa shape index (κ2) is 10.7. The molecular formula is C25H30N4O2S. The molecule has 0 radical (unpaired) electrons. The number of aromatic nitrogens is 3. The lowest BCUT2D eigenvalue weighted by molar-refractivity contribution is -0.119. The van der Waals surface area contributed by atoms with E-state index in [0.717, 1.165) is 29.2 Å². The lowest BCUT2D eigenvalue weighted by Gasteiger charge is -2.29. The summed E-state index contributed by atoms with van der Waals surface area (Å²) in [5.74, 6) is 2.55. The summed E-state index contributed by atoms with van der Waals surface area (Å²) in [6.07, 6.45) is 5.37. The Kier molecular flexibility index (Phi) is 7.47. The number of hydrogen-bond donors (Lipinski definition) is 1. The third kappa shape index (κ3) is 5.51. The third-order valence-corrected chi connectivity index (χ3v) is 6.96. The number of thioether (sulfide) groups is 1. The molecular weight excluding hydrogens is 420 g/mol. The highest BCUT2D eigenvalue weighted by Crippen LogP contribution is 2.26. The molecule has 6 nitrogen and oxygen atoms in total. The SMILES string of the molecule is COc1ccc(-n2c(Cc3ccccc3)nnc2SCC(=O)N[C@@H]2CCCC[C@H]2C)cc1. The molecule has 1 N–H and O–H groups in total. The Bertz CT molecular complexity index is 1020. The molecule has 1 heterocycles. The van der Waals surface area contributed by atoms with E-state index in [4.69, 9.17) is 4.74 Å². The Labute approximate surface area is 193 Å². The quantitative estimate of drug-likeness (QED) is 0.506. The van der Waals surface area contributed by atoms with Crippen LogP contribution in [0.3, 0.4) is 0 Å². The normalized spacial score (nSPS) is 18.3. The summed E-state index contributed by atoms with van der Waals surface area (Å²) < 4.78 is 7.34. The van der Waals surface area contributed by atoms with Crippen LogP contribution in [0.15, 0.2) is 59.8 Å². The smallest absolute Gasteiger partial charge is 0.230 e. The summed E-state index contributed by atoms with van der Waals surface area (Å²) in [7, 11) is 1.65. The minimum absolute atomic E-state index is 0.0580. The maximum Gasteiger partial charge on any atom is 0.230 e. The van der Waals surface area contributed by atoms with Crippen LogP contribution in [0.4, 0.5) is 0 Å². The molecule has 168 valence electrons. The molecule has 0 unspecified atom stereocenters. The number of carbonyl (C=O) groups is 1. The van der Waals surface area contributed by atoms with E-state index in [0.29, 0.717) is 23.2 Å². The first-order valence-electron chi connectivity index (χ1n) is 11.2. The topological polar surface area (TPSA) is 69.0 Å². The van der Waals surface area contributed by atoms with Crippen LogP contribution in [0.2, 0.25) is 0 Å². The van der Waals surface area contributed by atoms with Gasteiger partial charge in [0.2, 0.25) is 5.91 Å². The average Bonchev–Trinajstić information content (AvgIpc) is 3.22. The summed E-state index contributed by atoms with van der Waals surface area (Å²) >= 11 is 1.43. The van der Waals surface area contributed by atoms with E-state index in [1.165, 1.54) is 31.0 Å². The average molecular weight is 451 g/mol. The first-order chi connectivity index (χ1) is 15.6. The predicted molar refractivity (Wildman–Crippen MR) is 127 cm³/mol. The van der Waals surface area contributed by atoms with Gasteiger partial charge in [0.25, 0.3) is 0 Å². The molecule has 0 aliphatic heterocycles. The molecule has 4 rings (SSSR count). The van der Waals surface area contributed by atoms with Gasteiger partial charge in [-0.25, -0.2) is 0 Å². The number of carbonyl (C=O) groups excluding carboxylic acids is 1. The van der Waals surface area contributed by atoms with Crippen LogP contribution in [0.25, 0.3) is 5.69 Å². The van der Waals surface area contributed by atoms with E-state index in [9.17, 15) is 4.79 Å². The van der Waals surface area contributed by atoms with E-state index in [2.05, 4.69) is 34.6 Å². The summed E-state index contributed by atoms with van der Waals surface area (Å²) in [5, 5.41) is 12.8. The van der Waals surface area contributed by atoms with Gasteiger partial charge in [-0.1, -0.05) is 61.9 Å². The Hall–Kier alpha value is -2.80. The summed E-state index contributed by atoms with van der Waals surface area (Å²) in [6.45, 7) is 2.23. The zero-order valence-corrected chi connectivity index (χ0v) is 19.5. The molecule has 2 atom stereocenters. The number of nitrogens with zero attached hydrogens (tertiary/aromatic N) is 3. The van der Waals surface area contributed by atoms with Crippen LogP contribution < -0.4 is 10.1 Å². The molecule has 2 aromatic carbocycles. The number of benzene rings is 2. The van der Waals surface area contributed by atoms with Gasteiger partial charge >= 0.3 is 0 Å². The van der Waals surface area contributed by atoms with Crippen molar-refractivity contribution < 1.29 is 9.53 Å². The Balaban J connectivity index is 1.52. The lowest BCUT2D eigenvalue weighted by atomic mass is 9.86. The molecule has 1 fully saturated rings. The van der Waals surface area contributed by atoms with Gasteiger partial charge in [-0.2, -0.15) is 0 Å². The molecule has 1 aliphatic rings. The number of hydrogen-bond acceptors (Lipinski definition) is 5. The molecule has 1 aliphatic carbocycles. The minimum Gasteiger partial charge on any atom is -0.497 e. The van der Waals surface area contributed by atoms with Crippen LogP contribution in [0.5, 0.6) is 5.75 Å². The van der Waals surface area contributed by atoms with Crippen LogP contribution in [0, 0.1) is 5.92 Å². The fourth-order valence-electron chi connectivity index (χ4n) is 4.19. The zero-order valence-electron chi connectivity index (χ0n) is 18.7. The maximum atomic E-state index is 12.7. The molecule has 0 bridgehead atoms. The molecule has 0 saturated heterocycles. The summed E-state index contributed by atoms with van der Waals surface area (Å²) in [6, 6.07) is 18.3. The fourth-order valence-corrected chi connectivity index (χ4v) is 4.97. The van der Waals surface area contributed by atoms with Gasteiger partial charge in [-0.05, 0) is 48.6 Å². The lowest BCUT2D eigenvalue weighted by Crippen LogP contribution is -2.41. The Morgan fingerprint density at radius 2 is 1.84 bits per heavy atom. The van der Waals surface area contributed by atoms with Gasteiger partial charge in [0.05, 0.1) is 12.9 Å². The summed E-state index contributed by atoms with van der Waals surface area (Å²) in [4.78, 5) is 12.7. The molecule has 3 aromatic rings. The standard InChI is InChI=1S/C25H30N4O2S/c1-18-8-6-7-11-22(18)26-24(30)17-32-25-28-27-23(16-19-9-4-3-5-10-19)29(25)20-12-14-21(31-2)15-13-20/h3-5,9-10,12-15,18,22H,6-8,11,16-17H2,1-2H3,(H,26,30)/t18-,22-/m1/s1. The van der Waals surface area contributed by atoms with Crippen LogP contribution in [-0.4, -0.2) is 39.6 Å². The predicted octanol–water partition coefficient (Wildman–Crippen LogP) is 4.65. The highest BCUT2D eigenvalue weighted by atomic mass is 32.2. The zero-order chi connectivity index (χ0) is 22.3. The van der Waals surface area contributed by atoms with Gasteiger partial charge in [-0.3, -0.25) is 9.36 Å². The van der Waals surface area contributed by atoms with Crippen molar-refractivity contribution in [3.05, 3.63) is 66.0 Å². The van der Waals surface area contributed by atoms with Crippen LogP contribution in [-0.2, 0) is 11.2 Å². The van der Waals surface area contributed by atoms with Gasteiger partial charge in [0.15, 0.2) is 5.16 Å². The number of rotatable bonds is 8. The van der Waals surface area contributed by atoms with Crippen molar-refractivity contribution in [2.75, 3.05) is 12.9 Å².